The third kappa shape index (κ3) is 6.00. The van der Waals surface area contributed by atoms with E-state index in [1.165, 1.54) is 7.11 Å². The summed E-state index contributed by atoms with van der Waals surface area (Å²) in [5, 5.41) is 18.4. The lowest BCUT2D eigenvalue weighted by atomic mass is 10.1. The predicted molar refractivity (Wildman–Crippen MR) is 104 cm³/mol. The Hall–Kier alpha value is -3.06. The Kier molecular flexibility index (Phi) is 7.19. The second kappa shape index (κ2) is 9.59. The van der Waals surface area contributed by atoms with Crippen LogP contribution in [0.25, 0.3) is 0 Å². The van der Waals surface area contributed by atoms with Crippen molar-refractivity contribution in [2.75, 3.05) is 19.0 Å². The van der Waals surface area contributed by atoms with E-state index in [9.17, 15) is 14.7 Å². The normalized spacial score (nSPS) is 11.6. The summed E-state index contributed by atoms with van der Waals surface area (Å²) in [4.78, 5) is 23.9. The lowest BCUT2D eigenvalue weighted by Gasteiger charge is -2.15. The molecule has 0 saturated heterocycles. The third-order valence-corrected chi connectivity index (χ3v) is 3.78. The lowest BCUT2D eigenvalue weighted by Crippen LogP contribution is -2.34. The maximum atomic E-state index is 12.3. The number of rotatable bonds is 7. The van der Waals surface area contributed by atoms with Crippen LogP contribution in [0.1, 0.15) is 35.9 Å². The molecule has 2 aromatic rings. The lowest BCUT2D eigenvalue weighted by molar-refractivity contribution is 0.0914. The number of hydrogen-bond acceptors (Lipinski definition) is 4. The van der Waals surface area contributed by atoms with Gasteiger partial charge in [0.15, 0.2) is 0 Å². The number of benzene rings is 2. The number of anilines is 1. The highest BCUT2D eigenvalue weighted by Crippen LogP contribution is 2.24. The molecule has 3 amide bonds. The predicted octanol–water partition coefficient (Wildman–Crippen LogP) is 2.69. The van der Waals surface area contributed by atoms with Crippen LogP contribution in [-0.4, -0.2) is 36.7 Å². The van der Waals surface area contributed by atoms with Gasteiger partial charge in [-0.1, -0.05) is 18.2 Å². The smallest absolute Gasteiger partial charge is 0.319 e. The molecule has 0 radical (unpaired) electrons. The number of aliphatic hydroxyl groups excluding tert-OH is 1. The molecule has 7 heteroatoms. The molecule has 0 fully saturated rings. The number of carbonyl (C=O) groups excluding carboxylic acids is 2. The van der Waals surface area contributed by atoms with E-state index in [-0.39, 0.29) is 24.5 Å². The molecule has 0 bridgehead atoms. The fourth-order valence-electron chi connectivity index (χ4n) is 2.48. The Bertz CT molecular complexity index is 775. The molecule has 144 valence electrons. The zero-order valence-electron chi connectivity index (χ0n) is 15.7. The third-order valence-electron chi connectivity index (χ3n) is 3.78. The molecule has 0 spiro atoms. The molecule has 2 aromatic carbocycles. The van der Waals surface area contributed by atoms with Crippen molar-refractivity contribution in [3.05, 3.63) is 59.7 Å². The van der Waals surface area contributed by atoms with Crippen molar-refractivity contribution in [2.24, 2.45) is 0 Å². The van der Waals surface area contributed by atoms with Gasteiger partial charge in [-0.15, -0.1) is 0 Å². The van der Waals surface area contributed by atoms with Gasteiger partial charge in [0, 0.05) is 29.4 Å². The van der Waals surface area contributed by atoms with Gasteiger partial charge in [-0.05, 0) is 44.2 Å². The number of urea groups is 1. The van der Waals surface area contributed by atoms with Crippen LogP contribution in [0.4, 0.5) is 10.5 Å². The van der Waals surface area contributed by atoms with Crippen LogP contribution in [0.3, 0.4) is 0 Å². The molecule has 0 heterocycles. The van der Waals surface area contributed by atoms with E-state index < -0.39 is 6.10 Å². The van der Waals surface area contributed by atoms with E-state index in [1.54, 1.807) is 42.5 Å². The Morgan fingerprint density at radius 3 is 2.37 bits per heavy atom. The highest BCUT2D eigenvalue weighted by Gasteiger charge is 2.14. The van der Waals surface area contributed by atoms with Gasteiger partial charge < -0.3 is 25.8 Å². The summed E-state index contributed by atoms with van der Waals surface area (Å²) >= 11 is 0. The Morgan fingerprint density at radius 1 is 1.07 bits per heavy atom. The van der Waals surface area contributed by atoms with Crippen molar-refractivity contribution in [1.29, 1.82) is 0 Å². The van der Waals surface area contributed by atoms with Gasteiger partial charge in [0.25, 0.3) is 5.91 Å². The van der Waals surface area contributed by atoms with Crippen LogP contribution < -0.4 is 20.7 Å². The minimum Gasteiger partial charge on any atom is -0.496 e. The summed E-state index contributed by atoms with van der Waals surface area (Å²) in [7, 11) is 1.53. The molecule has 1 unspecified atom stereocenters. The van der Waals surface area contributed by atoms with Crippen LogP contribution in [-0.2, 0) is 0 Å². The molecular formula is C20H25N3O4. The molecule has 1 atom stereocenters. The number of amides is 3. The number of aliphatic hydroxyl groups is 1. The number of para-hydroxylation sites is 1. The molecular weight excluding hydrogens is 346 g/mol. The van der Waals surface area contributed by atoms with Crippen LogP contribution >= 0.6 is 0 Å². The monoisotopic (exact) mass is 371 g/mol. The zero-order chi connectivity index (χ0) is 19.8. The van der Waals surface area contributed by atoms with Crippen LogP contribution in [0.15, 0.2) is 48.5 Å². The van der Waals surface area contributed by atoms with Gasteiger partial charge in [0.05, 0.1) is 13.2 Å². The summed E-state index contributed by atoms with van der Waals surface area (Å²) in [6.07, 6.45) is -0.884. The highest BCUT2D eigenvalue weighted by atomic mass is 16.5. The number of nitrogens with one attached hydrogen (secondary N) is 3. The van der Waals surface area contributed by atoms with Crippen molar-refractivity contribution in [3.63, 3.8) is 0 Å². The van der Waals surface area contributed by atoms with E-state index in [2.05, 4.69) is 16.0 Å². The van der Waals surface area contributed by atoms with Crippen LogP contribution in [0.2, 0.25) is 0 Å². The Labute approximate surface area is 158 Å². The van der Waals surface area contributed by atoms with Crippen molar-refractivity contribution >= 4 is 17.6 Å². The molecule has 0 saturated carbocycles. The van der Waals surface area contributed by atoms with Gasteiger partial charge in [0.1, 0.15) is 5.75 Å². The zero-order valence-corrected chi connectivity index (χ0v) is 15.7. The largest absolute Gasteiger partial charge is 0.496 e. The number of methoxy groups -OCH3 is 1. The minimum absolute atomic E-state index is 0.0321. The summed E-state index contributed by atoms with van der Waals surface area (Å²) in [6.45, 7) is 3.79. The minimum atomic E-state index is -0.884. The molecule has 4 N–H and O–H groups in total. The van der Waals surface area contributed by atoms with E-state index in [0.29, 0.717) is 22.6 Å². The Balaban J connectivity index is 1.91. The topological polar surface area (TPSA) is 99.7 Å². The SMILES string of the molecule is COc1ccccc1C(O)CNC(=O)c1ccc(NC(=O)NC(C)C)cc1. The molecule has 0 aliphatic heterocycles. The molecule has 2 rings (SSSR count). The summed E-state index contributed by atoms with van der Waals surface area (Å²) in [5.41, 5.74) is 1.62. The quantitative estimate of drug-likeness (QED) is 0.601. The second-order valence-electron chi connectivity index (χ2n) is 6.30. The fraction of sp³-hybridized carbons (Fsp3) is 0.300. The molecule has 0 aliphatic carbocycles. The van der Waals surface area contributed by atoms with E-state index in [0.717, 1.165) is 0 Å². The van der Waals surface area contributed by atoms with E-state index >= 15 is 0 Å². The first-order valence-electron chi connectivity index (χ1n) is 8.67. The number of carbonyl (C=O) groups is 2. The van der Waals surface area contributed by atoms with Gasteiger partial charge >= 0.3 is 6.03 Å². The van der Waals surface area contributed by atoms with E-state index in [1.807, 2.05) is 19.9 Å². The van der Waals surface area contributed by atoms with Crippen molar-refractivity contribution in [3.8, 4) is 5.75 Å². The Morgan fingerprint density at radius 2 is 1.74 bits per heavy atom. The average Bonchev–Trinajstić information content (AvgIpc) is 2.65. The van der Waals surface area contributed by atoms with Crippen molar-refractivity contribution in [2.45, 2.75) is 26.0 Å². The van der Waals surface area contributed by atoms with Crippen molar-refractivity contribution < 1.29 is 19.4 Å². The maximum absolute atomic E-state index is 12.3. The standard InChI is InChI=1S/C20H25N3O4/c1-13(2)22-20(26)23-15-10-8-14(9-11-15)19(25)21-12-17(24)16-6-4-5-7-18(16)27-3/h4-11,13,17,24H,12H2,1-3H3,(H,21,25)(H2,22,23,26). The summed E-state index contributed by atoms with van der Waals surface area (Å²) in [6, 6.07) is 13.3. The number of hydrogen-bond donors (Lipinski definition) is 4. The van der Waals surface area contributed by atoms with Gasteiger partial charge in [-0.3, -0.25) is 4.79 Å². The number of ether oxygens (including phenoxy) is 1. The first-order chi connectivity index (χ1) is 12.9. The first-order valence-corrected chi connectivity index (χ1v) is 8.67. The van der Waals surface area contributed by atoms with Crippen LogP contribution in [0, 0.1) is 0 Å². The van der Waals surface area contributed by atoms with Gasteiger partial charge in [0.2, 0.25) is 0 Å². The van der Waals surface area contributed by atoms with Gasteiger partial charge in [-0.2, -0.15) is 0 Å². The van der Waals surface area contributed by atoms with Crippen molar-refractivity contribution in [1.82, 2.24) is 10.6 Å². The molecule has 27 heavy (non-hydrogen) atoms. The average molecular weight is 371 g/mol. The van der Waals surface area contributed by atoms with Crippen LogP contribution in [0.5, 0.6) is 5.75 Å². The molecule has 7 nitrogen and oxygen atoms in total. The van der Waals surface area contributed by atoms with E-state index in [4.69, 9.17) is 4.74 Å². The maximum Gasteiger partial charge on any atom is 0.319 e. The van der Waals surface area contributed by atoms with Gasteiger partial charge in [-0.25, -0.2) is 4.79 Å². The summed E-state index contributed by atoms with van der Waals surface area (Å²) < 4.78 is 5.21. The first kappa shape index (κ1) is 20.3. The second-order valence-corrected chi connectivity index (χ2v) is 6.30. The molecule has 0 aliphatic rings. The summed E-state index contributed by atoms with van der Waals surface area (Å²) in [5.74, 6) is 0.247. The fourth-order valence-corrected chi connectivity index (χ4v) is 2.48. The highest BCUT2D eigenvalue weighted by molar-refractivity contribution is 5.95. The molecule has 0 aromatic heterocycles.